The van der Waals surface area contributed by atoms with Crippen molar-refractivity contribution in [3.8, 4) is 0 Å². The molecule has 0 aliphatic rings. The van der Waals surface area contributed by atoms with Crippen molar-refractivity contribution in [1.82, 2.24) is 5.32 Å². The zero-order valence-electron chi connectivity index (χ0n) is 11.1. The Hall–Kier alpha value is -0.570. The fraction of sp³-hybridized carbons (Fsp3) is 0.571. The molecule has 0 aliphatic carbocycles. The molecule has 2 nitrogen and oxygen atoms in total. The van der Waals surface area contributed by atoms with E-state index >= 15 is 0 Å². The maximum absolute atomic E-state index is 6.17. The molecule has 1 rings (SSSR count). The van der Waals surface area contributed by atoms with Crippen LogP contribution in [0.3, 0.4) is 0 Å². The molecule has 0 aliphatic heterocycles. The molecule has 0 saturated heterocycles. The Kier molecular flexibility index (Phi) is 5.96. The van der Waals surface area contributed by atoms with Gasteiger partial charge in [-0.05, 0) is 43.5 Å². The standard InChI is InChI=1S/C14H22ClNO/c1-10-5-6-12(9-13(10)15)14(16-3)11(2)7-8-17-4/h5-6,9,11,14,16H,7-8H2,1-4H3. The van der Waals surface area contributed by atoms with Gasteiger partial charge in [0.05, 0.1) is 0 Å². The monoisotopic (exact) mass is 255 g/mol. The first-order chi connectivity index (χ1) is 8.10. The average molecular weight is 256 g/mol. The van der Waals surface area contributed by atoms with Gasteiger partial charge in [-0.3, -0.25) is 0 Å². The molecule has 1 N–H and O–H groups in total. The van der Waals surface area contributed by atoms with Gasteiger partial charge in [0.15, 0.2) is 0 Å². The highest BCUT2D eigenvalue weighted by Crippen LogP contribution is 2.27. The number of hydrogen-bond donors (Lipinski definition) is 1. The van der Waals surface area contributed by atoms with Gasteiger partial charge in [-0.1, -0.05) is 30.7 Å². The molecule has 3 heteroatoms. The van der Waals surface area contributed by atoms with Crippen LogP contribution in [0.2, 0.25) is 5.02 Å². The number of benzene rings is 1. The smallest absolute Gasteiger partial charge is 0.0465 e. The van der Waals surface area contributed by atoms with Gasteiger partial charge < -0.3 is 10.1 Å². The van der Waals surface area contributed by atoms with Crippen LogP contribution in [0.1, 0.15) is 30.5 Å². The third-order valence-corrected chi connectivity index (χ3v) is 3.62. The van der Waals surface area contributed by atoms with Gasteiger partial charge >= 0.3 is 0 Å². The lowest BCUT2D eigenvalue weighted by atomic mass is 9.92. The van der Waals surface area contributed by atoms with Crippen LogP contribution in [0, 0.1) is 12.8 Å². The third-order valence-electron chi connectivity index (χ3n) is 3.21. The lowest BCUT2D eigenvalue weighted by Gasteiger charge is -2.24. The second kappa shape index (κ2) is 7.00. The van der Waals surface area contributed by atoms with Crippen molar-refractivity contribution in [3.63, 3.8) is 0 Å². The van der Waals surface area contributed by atoms with Crippen LogP contribution in [0.5, 0.6) is 0 Å². The van der Waals surface area contributed by atoms with E-state index in [4.69, 9.17) is 16.3 Å². The number of hydrogen-bond acceptors (Lipinski definition) is 2. The fourth-order valence-corrected chi connectivity index (χ4v) is 2.24. The van der Waals surface area contributed by atoms with Crippen LogP contribution in [0.25, 0.3) is 0 Å². The number of methoxy groups -OCH3 is 1. The number of aryl methyl sites for hydroxylation is 1. The summed E-state index contributed by atoms with van der Waals surface area (Å²) in [6.45, 7) is 5.04. The largest absolute Gasteiger partial charge is 0.385 e. The second-order valence-electron chi connectivity index (χ2n) is 4.53. The highest BCUT2D eigenvalue weighted by atomic mass is 35.5. The Labute approximate surface area is 109 Å². The Morgan fingerprint density at radius 3 is 2.65 bits per heavy atom. The normalized spacial score (nSPS) is 14.6. The molecule has 96 valence electrons. The minimum Gasteiger partial charge on any atom is -0.385 e. The van der Waals surface area contributed by atoms with Gasteiger partial charge in [-0.2, -0.15) is 0 Å². The van der Waals surface area contributed by atoms with Crippen molar-refractivity contribution in [2.24, 2.45) is 5.92 Å². The van der Waals surface area contributed by atoms with Gasteiger partial charge in [-0.15, -0.1) is 0 Å². The molecule has 2 unspecified atom stereocenters. The number of rotatable bonds is 6. The summed E-state index contributed by atoms with van der Waals surface area (Å²) >= 11 is 6.17. The van der Waals surface area contributed by atoms with E-state index in [1.807, 2.05) is 14.0 Å². The Bertz CT molecular complexity index is 354. The van der Waals surface area contributed by atoms with Gasteiger partial charge in [0, 0.05) is 24.8 Å². The molecule has 1 aromatic carbocycles. The van der Waals surface area contributed by atoms with Crippen molar-refractivity contribution in [2.75, 3.05) is 20.8 Å². The molecule has 0 fully saturated rings. The molecule has 2 atom stereocenters. The van der Waals surface area contributed by atoms with Crippen molar-refractivity contribution in [1.29, 1.82) is 0 Å². The molecule has 0 saturated carbocycles. The first-order valence-electron chi connectivity index (χ1n) is 6.02. The maximum atomic E-state index is 6.17. The van der Waals surface area contributed by atoms with Crippen molar-refractivity contribution >= 4 is 11.6 Å². The Balaban J connectivity index is 2.81. The van der Waals surface area contributed by atoms with Crippen LogP contribution in [-0.2, 0) is 4.74 Å². The van der Waals surface area contributed by atoms with E-state index in [1.54, 1.807) is 7.11 Å². The third kappa shape index (κ3) is 3.98. The molecule has 1 aromatic rings. The van der Waals surface area contributed by atoms with Crippen LogP contribution in [0.4, 0.5) is 0 Å². The predicted octanol–water partition coefficient (Wildman–Crippen LogP) is 3.58. The van der Waals surface area contributed by atoms with Crippen LogP contribution in [-0.4, -0.2) is 20.8 Å². The first-order valence-corrected chi connectivity index (χ1v) is 6.40. The maximum Gasteiger partial charge on any atom is 0.0465 e. The summed E-state index contributed by atoms with van der Waals surface area (Å²) in [4.78, 5) is 0. The summed E-state index contributed by atoms with van der Waals surface area (Å²) in [5.74, 6) is 0.513. The summed E-state index contributed by atoms with van der Waals surface area (Å²) in [6.07, 6.45) is 1.04. The first kappa shape index (κ1) is 14.5. The molecule has 0 spiro atoms. The molecule has 0 aromatic heterocycles. The fourth-order valence-electron chi connectivity index (χ4n) is 2.05. The van der Waals surface area contributed by atoms with Crippen LogP contribution < -0.4 is 5.32 Å². The van der Waals surface area contributed by atoms with E-state index in [9.17, 15) is 0 Å². The molecule has 17 heavy (non-hydrogen) atoms. The minimum absolute atomic E-state index is 0.322. The SMILES string of the molecule is CNC(c1ccc(C)c(Cl)c1)C(C)CCOC. The average Bonchev–Trinajstić information content (AvgIpc) is 2.32. The van der Waals surface area contributed by atoms with Crippen molar-refractivity contribution < 1.29 is 4.74 Å². The van der Waals surface area contributed by atoms with E-state index in [1.165, 1.54) is 5.56 Å². The minimum atomic E-state index is 0.322. The highest BCUT2D eigenvalue weighted by molar-refractivity contribution is 6.31. The lowest BCUT2D eigenvalue weighted by molar-refractivity contribution is 0.171. The van der Waals surface area contributed by atoms with Crippen molar-refractivity contribution in [2.45, 2.75) is 26.3 Å². The summed E-state index contributed by atoms with van der Waals surface area (Å²) in [7, 11) is 3.73. The quantitative estimate of drug-likeness (QED) is 0.839. The number of halogens is 1. The van der Waals surface area contributed by atoms with Gasteiger partial charge in [0.25, 0.3) is 0 Å². The van der Waals surface area contributed by atoms with Crippen molar-refractivity contribution in [3.05, 3.63) is 34.3 Å². The Morgan fingerprint density at radius 2 is 2.12 bits per heavy atom. The molecule has 0 heterocycles. The topological polar surface area (TPSA) is 21.3 Å². The predicted molar refractivity (Wildman–Crippen MR) is 73.6 cm³/mol. The van der Waals surface area contributed by atoms with Gasteiger partial charge in [-0.25, -0.2) is 0 Å². The van der Waals surface area contributed by atoms with E-state index in [2.05, 4.69) is 30.4 Å². The van der Waals surface area contributed by atoms with E-state index in [0.717, 1.165) is 23.6 Å². The summed E-state index contributed by atoms with van der Waals surface area (Å²) in [5, 5.41) is 4.19. The molecular formula is C14H22ClNO. The van der Waals surface area contributed by atoms with E-state index in [0.29, 0.717) is 12.0 Å². The Morgan fingerprint density at radius 1 is 1.41 bits per heavy atom. The molecule has 0 amide bonds. The lowest BCUT2D eigenvalue weighted by Crippen LogP contribution is -2.24. The second-order valence-corrected chi connectivity index (χ2v) is 4.94. The summed E-state index contributed by atoms with van der Waals surface area (Å²) in [5.41, 5.74) is 2.36. The zero-order chi connectivity index (χ0) is 12.8. The summed E-state index contributed by atoms with van der Waals surface area (Å²) < 4.78 is 5.13. The summed E-state index contributed by atoms with van der Waals surface area (Å²) in [6, 6.07) is 6.60. The molecular weight excluding hydrogens is 234 g/mol. The number of nitrogens with one attached hydrogen (secondary N) is 1. The van der Waals surface area contributed by atoms with Crippen LogP contribution >= 0.6 is 11.6 Å². The van der Waals surface area contributed by atoms with Gasteiger partial charge in [0.1, 0.15) is 0 Å². The van der Waals surface area contributed by atoms with Crippen LogP contribution in [0.15, 0.2) is 18.2 Å². The van der Waals surface area contributed by atoms with E-state index in [-0.39, 0.29) is 0 Å². The molecule has 0 bridgehead atoms. The zero-order valence-corrected chi connectivity index (χ0v) is 11.8. The highest BCUT2D eigenvalue weighted by Gasteiger charge is 2.17. The molecule has 0 radical (unpaired) electrons. The van der Waals surface area contributed by atoms with E-state index < -0.39 is 0 Å². The van der Waals surface area contributed by atoms with Gasteiger partial charge in [0.2, 0.25) is 0 Å². The number of ether oxygens (including phenoxy) is 1.